The first-order valence-corrected chi connectivity index (χ1v) is 8.33. The number of amides is 1. The first-order chi connectivity index (χ1) is 12.2. The second-order valence-corrected chi connectivity index (χ2v) is 6.10. The maximum absolute atomic E-state index is 12.8. The van der Waals surface area contributed by atoms with Crippen molar-refractivity contribution in [3.63, 3.8) is 0 Å². The monoisotopic (exact) mass is 389 g/mol. The van der Waals surface area contributed by atoms with E-state index in [9.17, 15) is 18.0 Å². The molecule has 1 N–H and O–H groups in total. The van der Waals surface area contributed by atoms with Crippen molar-refractivity contribution in [1.29, 1.82) is 0 Å². The van der Waals surface area contributed by atoms with Gasteiger partial charge in [0.15, 0.2) is 12.3 Å². The summed E-state index contributed by atoms with van der Waals surface area (Å²) in [6, 6.07) is 7.33. The number of alkyl halides is 3. The summed E-state index contributed by atoms with van der Waals surface area (Å²) in [5.74, 6) is 0.323. The topological polar surface area (TPSA) is 56.1 Å². The quantitative estimate of drug-likeness (QED) is 0.734. The average molecular weight is 390 g/mol. The Balaban J connectivity index is 1.77. The molecule has 5 nitrogen and oxygen atoms in total. The Morgan fingerprint density at radius 1 is 1.31 bits per heavy atom. The van der Waals surface area contributed by atoms with Crippen LogP contribution in [0.15, 0.2) is 24.3 Å². The van der Waals surface area contributed by atoms with E-state index in [1.807, 2.05) is 25.1 Å². The molecule has 0 radical (unpaired) electrons. The van der Waals surface area contributed by atoms with Crippen LogP contribution in [0.1, 0.15) is 23.4 Å². The van der Waals surface area contributed by atoms with E-state index in [1.165, 1.54) is 11.6 Å². The summed E-state index contributed by atoms with van der Waals surface area (Å²) in [5, 5.41) is 5.76. The molecule has 2 rings (SSSR count). The van der Waals surface area contributed by atoms with Crippen LogP contribution in [0.2, 0.25) is 5.02 Å². The van der Waals surface area contributed by atoms with Gasteiger partial charge in [-0.15, -0.1) is 0 Å². The van der Waals surface area contributed by atoms with Crippen molar-refractivity contribution >= 4 is 17.5 Å². The highest BCUT2D eigenvalue weighted by Gasteiger charge is 2.38. The Morgan fingerprint density at radius 2 is 2.00 bits per heavy atom. The molecule has 1 aromatic carbocycles. The van der Waals surface area contributed by atoms with Gasteiger partial charge in [-0.25, -0.2) is 0 Å². The Kier molecular flexibility index (Phi) is 6.52. The molecule has 9 heteroatoms. The maximum atomic E-state index is 12.8. The number of para-hydroxylation sites is 1. The number of aryl methyl sites for hydroxylation is 2. The van der Waals surface area contributed by atoms with Crippen LogP contribution in [0.25, 0.3) is 0 Å². The molecule has 0 aliphatic heterocycles. The number of benzene rings is 1. The third-order valence-electron chi connectivity index (χ3n) is 3.72. The third kappa shape index (κ3) is 5.14. The minimum Gasteiger partial charge on any atom is -0.484 e. The van der Waals surface area contributed by atoms with Gasteiger partial charge in [-0.05, 0) is 31.9 Å². The van der Waals surface area contributed by atoms with Gasteiger partial charge in [-0.1, -0.05) is 29.8 Å². The van der Waals surface area contributed by atoms with Crippen LogP contribution in [-0.4, -0.2) is 28.8 Å². The summed E-state index contributed by atoms with van der Waals surface area (Å²) in [6.07, 6.45) is -4.18. The minimum absolute atomic E-state index is 0.129. The van der Waals surface area contributed by atoms with Crippen molar-refractivity contribution < 1.29 is 22.7 Å². The lowest BCUT2D eigenvalue weighted by Crippen LogP contribution is -2.30. The Labute approximate surface area is 154 Å². The number of hydrogen-bond acceptors (Lipinski definition) is 3. The molecule has 0 saturated heterocycles. The molecular formula is C17H19ClF3N3O2. The van der Waals surface area contributed by atoms with Crippen molar-refractivity contribution in [1.82, 2.24) is 15.1 Å². The highest BCUT2D eigenvalue weighted by atomic mass is 35.5. The van der Waals surface area contributed by atoms with E-state index < -0.39 is 16.9 Å². The first kappa shape index (κ1) is 20.1. The second-order valence-electron chi connectivity index (χ2n) is 5.73. The number of carbonyl (C=O) groups excluding carboxylic acids is 1. The molecule has 26 heavy (non-hydrogen) atoms. The molecule has 142 valence electrons. The summed E-state index contributed by atoms with van der Waals surface area (Å²) in [6.45, 7) is 3.71. The standard InChI is InChI=1S/C17H19ClF3N3O2/c1-11-6-3-4-7-13(11)26-10-14(25)22-8-5-9-24-12(2)15(18)16(23-24)17(19,20)21/h3-4,6-7H,5,8-10H2,1-2H3,(H,22,25). The molecule has 0 unspecified atom stereocenters. The molecule has 0 aliphatic carbocycles. The molecule has 0 fully saturated rings. The van der Waals surface area contributed by atoms with Gasteiger partial charge in [0.1, 0.15) is 5.75 Å². The summed E-state index contributed by atoms with van der Waals surface area (Å²) in [7, 11) is 0. The van der Waals surface area contributed by atoms with Crippen LogP contribution in [0.3, 0.4) is 0 Å². The zero-order chi connectivity index (χ0) is 19.3. The van der Waals surface area contributed by atoms with Crippen LogP contribution < -0.4 is 10.1 Å². The highest BCUT2D eigenvalue weighted by Crippen LogP contribution is 2.35. The molecule has 0 spiro atoms. The van der Waals surface area contributed by atoms with Gasteiger partial charge in [0.25, 0.3) is 5.91 Å². The summed E-state index contributed by atoms with van der Waals surface area (Å²) < 4.78 is 44.9. The maximum Gasteiger partial charge on any atom is 0.436 e. The van der Waals surface area contributed by atoms with E-state index in [0.29, 0.717) is 12.2 Å². The van der Waals surface area contributed by atoms with Crippen LogP contribution >= 0.6 is 11.6 Å². The Bertz CT molecular complexity index is 775. The third-order valence-corrected chi connectivity index (χ3v) is 4.18. The van der Waals surface area contributed by atoms with Gasteiger partial charge >= 0.3 is 6.18 Å². The van der Waals surface area contributed by atoms with Gasteiger partial charge in [-0.3, -0.25) is 9.48 Å². The fraction of sp³-hybridized carbons (Fsp3) is 0.412. The smallest absolute Gasteiger partial charge is 0.436 e. The van der Waals surface area contributed by atoms with E-state index in [4.69, 9.17) is 16.3 Å². The zero-order valence-corrected chi connectivity index (χ0v) is 15.1. The Hall–Kier alpha value is -2.22. The minimum atomic E-state index is -4.59. The fourth-order valence-corrected chi connectivity index (χ4v) is 2.53. The molecule has 0 saturated carbocycles. The lowest BCUT2D eigenvalue weighted by molar-refractivity contribution is -0.141. The highest BCUT2D eigenvalue weighted by molar-refractivity contribution is 6.31. The number of carbonyl (C=O) groups is 1. The number of aromatic nitrogens is 2. The molecule has 0 bridgehead atoms. The molecule has 2 aromatic rings. The lowest BCUT2D eigenvalue weighted by atomic mass is 10.2. The number of nitrogens with one attached hydrogen (secondary N) is 1. The fourth-order valence-electron chi connectivity index (χ4n) is 2.29. The first-order valence-electron chi connectivity index (χ1n) is 7.95. The van der Waals surface area contributed by atoms with E-state index in [0.717, 1.165) is 5.56 Å². The number of halogens is 4. The van der Waals surface area contributed by atoms with Crippen molar-refractivity contribution in [2.75, 3.05) is 13.2 Å². The predicted molar refractivity (Wildman–Crippen MR) is 91.3 cm³/mol. The van der Waals surface area contributed by atoms with E-state index in [1.54, 1.807) is 6.07 Å². The SMILES string of the molecule is Cc1ccccc1OCC(=O)NCCCn1nc(C(F)(F)F)c(Cl)c1C. The van der Waals surface area contributed by atoms with Gasteiger partial charge in [0.05, 0.1) is 10.7 Å². The van der Waals surface area contributed by atoms with Gasteiger partial charge in [0.2, 0.25) is 0 Å². The van der Waals surface area contributed by atoms with Crippen LogP contribution in [0, 0.1) is 13.8 Å². The number of rotatable bonds is 7. The normalized spacial score (nSPS) is 11.5. The number of nitrogens with zero attached hydrogens (tertiary/aromatic N) is 2. The predicted octanol–water partition coefficient (Wildman–Crippen LogP) is 3.76. The van der Waals surface area contributed by atoms with Crippen molar-refractivity contribution in [2.24, 2.45) is 0 Å². The van der Waals surface area contributed by atoms with Crippen LogP contribution in [0.5, 0.6) is 5.75 Å². The number of hydrogen-bond donors (Lipinski definition) is 1. The molecule has 0 atom stereocenters. The van der Waals surface area contributed by atoms with E-state index in [-0.39, 0.29) is 31.3 Å². The summed E-state index contributed by atoms with van der Waals surface area (Å²) >= 11 is 5.68. The average Bonchev–Trinajstić information content (AvgIpc) is 2.86. The second kappa shape index (κ2) is 8.44. The van der Waals surface area contributed by atoms with Crippen molar-refractivity contribution in [3.05, 3.63) is 46.2 Å². The molecule has 1 heterocycles. The zero-order valence-electron chi connectivity index (χ0n) is 14.4. The molecule has 1 amide bonds. The summed E-state index contributed by atoms with van der Waals surface area (Å²) in [4.78, 5) is 11.8. The molecule has 1 aromatic heterocycles. The molecule has 0 aliphatic rings. The van der Waals surface area contributed by atoms with Gasteiger partial charge in [0, 0.05) is 13.1 Å². The molecular weight excluding hydrogens is 371 g/mol. The van der Waals surface area contributed by atoms with Crippen LogP contribution in [-0.2, 0) is 17.5 Å². The Morgan fingerprint density at radius 3 is 2.62 bits per heavy atom. The van der Waals surface area contributed by atoms with E-state index >= 15 is 0 Å². The van der Waals surface area contributed by atoms with Crippen molar-refractivity contribution in [3.8, 4) is 5.75 Å². The van der Waals surface area contributed by atoms with Crippen LogP contribution in [0.4, 0.5) is 13.2 Å². The van der Waals surface area contributed by atoms with Gasteiger partial charge in [-0.2, -0.15) is 18.3 Å². The van der Waals surface area contributed by atoms with Crippen molar-refractivity contribution in [2.45, 2.75) is 33.0 Å². The van der Waals surface area contributed by atoms with Gasteiger partial charge < -0.3 is 10.1 Å². The largest absolute Gasteiger partial charge is 0.484 e. The number of ether oxygens (including phenoxy) is 1. The van der Waals surface area contributed by atoms with E-state index in [2.05, 4.69) is 10.4 Å². The lowest BCUT2D eigenvalue weighted by Gasteiger charge is -2.09. The summed E-state index contributed by atoms with van der Waals surface area (Å²) in [5.41, 5.74) is 0.0762.